The Bertz CT molecular complexity index is 832. The number of halogens is 1. The van der Waals surface area contributed by atoms with Crippen LogP contribution in [0.1, 0.15) is 41.6 Å². The van der Waals surface area contributed by atoms with Crippen molar-refractivity contribution in [3.63, 3.8) is 0 Å². The van der Waals surface area contributed by atoms with Crippen LogP contribution in [0.2, 0.25) is 0 Å². The van der Waals surface area contributed by atoms with Gasteiger partial charge in [-0.05, 0) is 48.4 Å². The van der Waals surface area contributed by atoms with E-state index in [1.54, 1.807) is 4.90 Å². The number of nitrogens with zero attached hydrogens (tertiary/aromatic N) is 1. The summed E-state index contributed by atoms with van der Waals surface area (Å²) < 4.78 is 12.9. The summed E-state index contributed by atoms with van der Waals surface area (Å²) >= 11 is 0. The molecule has 0 aliphatic carbocycles. The average Bonchev–Trinajstić information content (AvgIpc) is 3.11. The number of hydrogen-bond donors (Lipinski definition) is 1. The Morgan fingerprint density at radius 3 is 2.33 bits per heavy atom. The first-order valence-corrected chi connectivity index (χ1v) is 8.98. The molecule has 0 saturated carbocycles. The van der Waals surface area contributed by atoms with E-state index in [1.165, 1.54) is 24.3 Å². The fourth-order valence-electron chi connectivity index (χ4n) is 3.01. The molecule has 0 aromatic heterocycles. The molecule has 1 saturated heterocycles. The Morgan fingerprint density at radius 1 is 1.00 bits per heavy atom. The summed E-state index contributed by atoms with van der Waals surface area (Å²) in [5.74, 6) is -0.666. The summed E-state index contributed by atoms with van der Waals surface area (Å²) in [6, 6.07) is 12.8. The van der Waals surface area contributed by atoms with Crippen molar-refractivity contribution in [2.24, 2.45) is 0 Å². The van der Waals surface area contributed by atoms with E-state index in [9.17, 15) is 18.8 Å². The lowest BCUT2D eigenvalue weighted by atomic mass is 10.1. The van der Waals surface area contributed by atoms with E-state index < -0.39 is 5.82 Å². The molecule has 1 fully saturated rings. The van der Waals surface area contributed by atoms with E-state index in [4.69, 9.17) is 0 Å². The van der Waals surface area contributed by atoms with E-state index in [0.717, 1.165) is 24.2 Å². The fourth-order valence-corrected chi connectivity index (χ4v) is 3.01. The Kier molecular flexibility index (Phi) is 5.96. The van der Waals surface area contributed by atoms with Crippen molar-refractivity contribution in [2.45, 2.75) is 32.2 Å². The molecule has 2 amide bonds. The minimum absolute atomic E-state index is 0.0769. The predicted octanol–water partition coefficient (Wildman–Crippen LogP) is 3.23. The van der Waals surface area contributed by atoms with Gasteiger partial charge in [0.2, 0.25) is 11.8 Å². The van der Waals surface area contributed by atoms with Crippen LogP contribution < -0.4 is 10.2 Å². The van der Waals surface area contributed by atoms with Gasteiger partial charge in [-0.2, -0.15) is 0 Å². The lowest BCUT2D eigenvalue weighted by Gasteiger charge is -2.16. The number of rotatable bonds is 7. The normalized spacial score (nSPS) is 13.7. The second-order valence-corrected chi connectivity index (χ2v) is 6.52. The first kappa shape index (κ1) is 18.8. The SMILES string of the molecule is O=C(CCC(=O)c1ccc(F)cc1)NCc1ccc(N2CCCC2=O)cc1. The molecule has 1 aliphatic heterocycles. The maximum Gasteiger partial charge on any atom is 0.227 e. The van der Waals surface area contributed by atoms with Crippen LogP contribution in [-0.4, -0.2) is 24.1 Å². The molecule has 0 bridgehead atoms. The van der Waals surface area contributed by atoms with Gasteiger partial charge in [-0.15, -0.1) is 0 Å². The molecule has 0 unspecified atom stereocenters. The number of carbonyl (C=O) groups is 3. The van der Waals surface area contributed by atoms with Crippen LogP contribution in [0, 0.1) is 5.82 Å². The summed E-state index contributed by atoms with van der Waals surface area (Å²) in [5, 5.41) is 2.78. The van der Waals surface area contributed by atoms with Gasteiger partial charge in [0.1, 0.15) is 5.82 Å². The first-order chi connectivity index (χ1) is 13.0. The minimum atomic E-state index is -0.399. The Balaban J connectivity index is 1.44. The van der Waals surface area contributed by atoms with Crippen LogP contribution in [0.25, 0.3) is 0 Å². The zero-order valence-corrected chi connectivity index (χ0v) is 14.9. The molecule has 2 aromatic carbocycles. The number of anilines is 1. The van der Waals surface area contributed by atoms with Gasteiger partial charge in [-0.3, -0.25) is 14.4 Å². The summed E-state index contributed by atoms with van der Waals surface area (Å²) in [7, 11) is 0. The van der Waals surface area contributed by atoms with E-state index in [0.29, 0.717) is 18.5 Å². The number of benzene rings is 2. The van der Waals surface area contributed by atoms with Crippen molar-refractivity contribution in [3.8, 4) is 0 Å². The highest BCUT2D eigenvalue weighted by atomic mass is 19.1. The van der Waals surface area contributed by atoms with Crippen molar-refractivity contribution < 1.29 is 18.8 Å². The molecule has 5 nitrogen and oxygen atoms in total. The van der Waals surface area contributed by atoms with Crippen molar-refractivity contribution in [1.82, 2.24) is 5.32 Å². The van der Waals surface area contributed by atoms with E-state index >= 15 is 0 Å². The lowest BCUT2D eigenvalue weighted by Crippen LogP contribution is -2.24. The maximum absolute atomic E-state index is 12.9. The van der Waals surface area contributed by atoms with Crippen LogP contribution in [0.15, 0.2) is 48.5 Å². The average molecular weight is 368 g/mol. The highest BCUT2D eigenvalue weighted by molar-refractivity contribution is 5.98. The standard InChI is InChI=1S/C21H21FN2O3/c22-17-7-5-16(6-8-17)19(25)11-12-20(26)23-14-15-3-9-18(10-4-15)24-13-1-2-21(24)27/h3-10H,1-2,11-14H2,(H,23,26). The number of hydrogen-bond acceptors (Lipinski definition) is 3. The topological polar surface area (TPSA) is 66.5 Å². The Hall–Kier alpha value is -3.02. The van der Waals surface area contributed by atoms with Gasteiger partial charge in [0.15, 0.2) is 5.78 Å². The van der Waals surface area contributed by atoms with Crippen LogP contribution >= 0.6 is 0 Å². The van der Waals surface area contributed by atoms with Crippen LogP contribution in [0.3, 0.4) is 0 Å². The monoisotopic (exact) mass is 368 g/mol. The molecule has 0 radical (unpaired) electrons. The minimum Gasteiger partial charge on any atom is -0.352 e. The number of ketones is 1. The molecule has 2 aromatic rings. The third-order valence-corrected chi connectivity index (χ3v) is 4.56. The number of nitrogens with one attached hydrogen (secondary N) is 1. The Labute approximate surface area is 157 Å². The predicted molar refractivity (Wildman–Crippen MR) is 99.8 cm³/mol. The second kappa shape index (κ2) is 8.58. The van der Waals surface area contributed by atoms with Gasteiger partial charge in [0.25, 0.3) is 0 Å². The lowest BCUT2D eigenvalue weighted by molar-refractivity contribution is -0.121. The van der Waals surface area contributed by atoms with Crippen molar-refractivity contribution in [1.29, 1.82) is 0 Å². The van der Waals surface area contributed by atoms with Crippen molar-refractivity contribution in [2.75, 3.05) is 11.4 Å². The molecule has 0 atom stereocenters. The smallest absolute Gasteiger partial charge is 0.227 e. The number of amides is 2. The van der Waals surface area contributed by atoms with Gasteiger partial charge in [-0.25, -0.2) is 4.39 Å². The molecular weight excluding hydrogens is 347 g/mol. The molecular formula is C21H21FN2O3. The maximum atomic E-state index is 12.9. The second-order valence-electron chi connectivity index (χ2n) is 6.52. The summed E-state index contributed by atoms with van der Waals surface area (Å²) in [6.45, 7) is 1.11. The molecule has 1 N–H and O–H groups in total. The first-order valence-electron chi connectivity index (χ1n) is 8.98. The van der Waals surface area contributed by atoms with Crippen LogP contribution in [0.5, 0.6) is 0 Å². The van der Waals surface area contributed by atoms with E-state index in [2.05, 4.69) is 5.32 Å². The van der Waals surface area contributed by atoms with Gasteiger partial charge < -0.3 is 10.2 Å². The van der Waals surface area contributed by atoms with Crippen LogP contribution in [0.4, 0.5) is 10.1 Å². The van der Waals surface area contributed by atoms with Crippen molar-refractivity contribution in [3.05, 3.63) is 65.5 Å². The molecule has 1 aliphatic rings. The van der Waals surface area contributed by atoms with Crippen LogP contribution in [-0.2, 0) is 16.1 Å². The zero-order chi connectivity index (χ0) is 19.2. The largest absolute Gasteiger partial charge is 0.352 e. The molecule has 27 heavy (non-hydrogen) atoms. The quantitative estimate of drug-likeness (QED) is 0.763. The zero-order valence-electron chi connectivity index (χ0n) is 14.9. The van der Waals surface area contributed by atoms with E-state index in [1.807, 2.05) is 24.3 Å². The number of Topliss-reactive ketones (excluding diaryl/α,β-unsaturated/α-hetero) is 1. The summed E-state index contributed by atoms with van der Waals surface area (Å²) in [6.07, 6.45) is 1.63. The van der Waals surface area contributed by atoms with Gasteiger partial charge in [0, 0.05) is 43.6 Å². The van der Waals surface area contributed by atoms with Gasteiger partial charge in [-0.1, -0.05) is 12.1 Å². The molecule has 1 heterocycles. The molecule has 6 heteroatoms. The summed E-state index contributed by atoms with van der Waals surface area (Å²) in [5.41, 5.74) is 2.19. The molecule has 140 valence electrons. The van der Waals surface area contributed by atoms with E-state index in [-0.39, 0.29) is 30.4 Å². The summed E-state index contributed by atoms with van der Waals surface area (Å²) in [4.78, 5) is 37.4. The fraction of sp³-hybridized carbons (Fsp3) is 0.286. The Morgan fingerprint density at radius 2 is 1.70 bits per heavy atom. The highest BCUT2D eigenvalue weighted by Crippen LogP contribution is 2.21. The molecule has 0 spiro atoms. The van der Waals surface area contributed by atoms with Crippen molar-refractivity contribution >= 4 is 23.3 Å². The molecule has 3 rings (SSSR count). The third-order valence-electron chi connectivity index (χ3n) is 4.56. The third kappa shape index (κ3) is 5.00. The van der Waals surface area contributed by atoms with Gasteiger partial charge in [0.05, 0.1) is 0 Å². The highest BCUT2D eigenvalue weighted by Gasteiger charge is 2.21. The number of carbonyl (C=O) groups excluding carboxylic acids is 3. The van der Waals surface area contributed by atoms with Gasteiger partial charge >= 0.3 is 0 Å².